The molecule has 2 aromatic carbocycles. The fraction of sp³-hybridized carbons (Fsp3) is 0.333. The zero-order chi connectivity index (χ0) is 21.9. The summed E-state index contributed by atoms with van der Waals surface area (Å²) in [6.45, 7) is 9.09. The second-order valence-corrected chi connectivity index (χ2v) is 8.90. The van der Waals surface area contributed by atoms with Gasteiger partial charge >= 0.3 is 5.97 Å². The molecule has 0 atom stereocenters. The van der Waals surface area contributed by atoms with Crippen molar-refractivity contribution in [2.24, 2.45) is 4.99 Å². The molecule has 158 valence electrons. The summed E-state index contributed by atoms with van der Waals surface area (Å²) in [6.07, 6.45) is 2.57. The van der Waals surface area contributed by atoms with Gasteiger partial charge in [-0.15, -0.1) is 0 Å². The molecule has 0 fully saturated rings. The van der Waals surface area contributed by atoms with Gasteiger partial charge in [0.25, 0.3) is 0 Å². The zero-order valence-electron chi connectivity index (χ0n) is 17.9. The summed E-state index contributed by atoms with van der Waals surface area (Å²) in [6, 6.07) is 11.6. The molecule has 1 aliphatic heterocycles. The van der Waals surface area contributed by atoms with Gasteiger partial charge in [-0.3, -0.25) is 0 Å². The zero-order valence-corrected chi connectivity index (χ0v) is 19.5. The first-order valence-electron chi connectivity index (χ1n) is 9.86. The van der Waals surface area contributed by atoms with E-state index in [9.17, 15) is 4.79 Å². The van der Waals surface area contributed by atoms with Gasteiger partial charge in [-0.2, -0.15) is 0 Å². The molecule has 0 bridgehead atoms. The molecule has 0 N–H and O–H groups in total. The van der Waals surface area contributed by atoms with E-state index in [4.69, 9.17) is 14.2 Å². The third kappa shape index (κ3) is 4.93. The first kappa shape index (κ1) is 22.1. The molecule has 1 heterocycles. The number of cyclic esters (lactones) is 1. The minimum Gasteiger partial charge on any atom is -0.493 e. The van der Waals surface area contributed by atoms with Gasteiger partial charge in [0.2, 0.25) is 5.90 Å². The first-order chi connectivity index (χ1) is 14.2. The van der Waals surface area contributed by atoms with Crippen LogP contribution in [0.1, 0.15) is 50.8 Å². The molecule has 1 aliphatic rings. The number of aliphatic imine (C=N–C) groups is 1. The van der Waals surface area contributed by atoms with Crippen molar-refractivity contribution in [2.45, 2.75) is 39.5 Å². The summed E-state index contributed by atoms with van der Waals surface area (Å²) in [4.78, 5) is 16.8. The number of carbonyl (C=O) groups is 1. The van der Waals surface area contributed by atoms with Gasteiger partial charge in [0.1, 0.15) is 0 Å². The normalized spacial score (nSPS) is 15.2. The highest BCUT2D eigenvalue weighted by molar-refractivity contribution is 9.10. The van der Waals surface area contributed by atoms with Crippen LogP contribution in [0.15, 0.2) is 51.6 Å². The second-order valence-electron chi connectivity index (χ2n) is 8.05. The largest absolute Gasteiger partial charge is 0.493 e. The van der Waals surface area contributed by atoms with Crippen molar-refractivity contribution in [3.05, 3.63) is 63.3 Å². The second kappa shape index (κ2) is 9.04. The number of rotatable bonds is 6. The maximum Gasteiger partial charge on any atom is 0.363 e. The van der Waals surface area contributed by atoms with Crippen molar-refractivity contribution >= 4 is 33.9 Å². The molecule has 30 heavy (non-hydrogen) atoms. The van der Waals surface area contributed by atoms with Crippen molar-refractivity contribution in [2.75, 3.05) is 13.7 Å². The Labute approximate surface area is 185 Å². The van der Waals surface area contributed by atoms with E-state index in [2.05, 4.69) is 41.7 Å². The average Bonchev–Trinajstić information content (AvgIpc) is 3.06. The summed E-state index contributed by atoms with van der Waals surface area (Å²) < 4.78 is 17.3. The van der Waals surface area contributed by atoms with Crippen molar-refractivity contribution in [1.82, 2.24) is 0 Å². The number of hydrogen-bond donors (Lipinski definition) is 0. The highest BCUT2D eigenvalue weighted by Gasteiger charge is 2.25. The van der Waals surface area contributed by atoms with Crippen LogP contribution in [-0.2, 0) is 14.9 Å². The molecule has 6 heteroatoms. The van der Waals surface area contributed by atoms with Crippen molar-refractivity contribution < 1.29 is 19.0 Å². The Morgan fingerprint density at radius 2 is 1.87 bits per heavy atom. The lowest BCUT2D eigenvalue weighted by atomic mass is 9.87. The molecule has 0 saturated carbocycles. The number of methoxy groups -OCH3 is 1. The fourth-order valence-electron chi connectivity index (χ4n) is 2.97. The van der Waals surface area contributed by atoms with Crippen LogP contribution in [0.2, 0.25) is 0 Å². The van der Waals surface area contributed by atoms with Gasteiger partial charge in [0.05, 0.1) is 18.2 Å². The molecule has 0 saturated heterocycles. The lowest BCUT2D eigenvalue weighted by molar-refractivity contribution is -0.129. The predicted octanol–water partition coefficient (Wildman–Crippen LogP) is 5.89. The SMILES string of the molecule is CCCOc1c(Br)cc(/C=C2/N=C(c3ccc(C(C)(C)C)cc3)OC2=O)cc1OC. The smallest absolute Gasteiger partial charge is 0.363 e. The van der Waals surface area contributed by atoms with E-state index >= 15 is 0 Å². The minimum atomic E-state index is -0.480. The molecule has 0 spiro atoms. The maximum atomic E-state index is 12.4. The minimum absolute atomic E-state index is 0.0528. The Balaban J connectivity index is 1.89. The standard InChI is InChI=1S/C24H26BrNO4/c1-6-11-29-21-18(25)12-15(14-20(21)28-5)13-19-23(27)30-22(26-19)16-7-9-17(10-8-16)24(2,3)4/h7-10,12-14H,6,11H2,1-5H3/b19-13+. The molecular weight excluding hydrogens is 446 g/mol. The molecule has 0 aliphatic carbocycles. The van der Waals surface area contributed by atoms with Crippen LogP contribution < -0.4 is 9.47 Å². The molecule has 3 rings (SSSR count). The number of nitrogens with zero attached hydrogens (tertiary/aromatic N) is 1. The Kier molecular flexibility index (Phi) is 6.66. The van der Waals surface area contributed by atoms with Gasteiger partial charge in [-0.1, -0.05) is 39.8 Å². The molecule has 0 aromatic heterocycles. The Morgan fingerprint density at radius 1 is 1.17 bits per heavy atom. The van der Waals surface area contributed by atoms with E-state index in [0.29, 0.717) is 24.0 Å². The summed E-state index contributed by atoms with van der Waals surface area (Å²) in [5, 5.41) is 0. The van der Waals surface area contributed by atoms with Gasteiger partial charge < -0.3 is 14.2 Å². The van der Waals surface area contributed by atoms with Crippen molar-refractivity contribution in [3.63, 3.8) is 0 Å². The highest BCUT2D eigenvalue weighted by atomic mass is 79.9. The topological polar surface area (TPSA) is 57.1 Å². The van der Waals surface area contributed by atoms with Crippen molar-refractivity contribution in [1.29, 1.82) is 0 Å². The summed E-state index contributed by atoms with van der Waals surface area (Å²) in [5.74, 6) is 1.04. The van der Waals surface area contributed by atoms with E-state index in [-0.39, 0.29) is 11.1 Å². The van der Waals surface area contributed by atoms with E-state index in [1.54, 1.807) is 13.2 Å². The summed E-state index contributed by atoms with van der Waals surface area (Å²) in [5.41, 5.74) is 3.01. The lowest BCUT2D eigenvalue weighted by Gasteiger charge is -2.18. The molecule has 2 aromatic rings. The van der Waals surface area contributed by atoms with Gasteiger partial charge in [-0.05, 0) is 69.2 Å². The number of esters is 1. The molecular formula is C24H26BrNO4. The van der Waals surface area contributed by atoms with Crippen LogP contribution in [0, 0.1) is 0 Å². The van der Waals surface area contributed by atoms with E-state index in [1.165, 1.54) is 5.56 Å². The number of benzene rings is 2. The van der Waals surface area contributed by atoms with Crippen LogP contribution >= 0.6 is 15.9 Å². The van der Waals surface area contributed by atoms with Crippen LogP contribution in [-0.4, -0.2) is 25.6 Å². The van der Waals surface area contributed by atoms with E-state index < -0.39 is 5.97 Å². The first-order valence-corrected chi connectivity index (χ1v) is 10.7. The number of ether oxygens (including phenoxy) is 3. The van der Waals surface area contributed by atoms with E-state index in [1.807, 2.05) is 43.3 Å². The van der Waals surface area contributed by atoms with Crippen LogP contribution in [0.4, 0.5) is 0 Å². The lowest BCUT2D eigenvalue weighted by Crippen LogP contribution is -2.11. The average molecular weight is 472 g/mol. The third-order valence-corrected chi connectivity index (χ3v) is 5.21. The summed E-state index contributed by atoms with van der Waals surface area (Å²) >= 11 is 3.52. The van der Waals surface area contributed by atoms with Gasteiger partial charge in [-0.25, -0.2) is 9.79 Å². The van der Waals surface area contributed by atoms with Crippen LogP contribution in [0.25, 0.3) is 6.08 Å². The summed E-state index contributed by atoms with van der Waals surface area (Å²) in [7, 11) is 1.58. The van der Waals surface area contributed by atoms with Crippen LogP contribution in [0.5, 0.6) is 11.5 Å². The Hall–Kier alpha value is -2.60. The monoisotopic (exact) mass is 471 g/mol. The number of hydrogen-bond acceptors (Lipinski definition) is 5. The van der Waals surface area contributed by atoms with Gasteiger partial charge in [0.15, 0.2) is 17.2 Å². The van der Waals surface area contributed by atoms with E-state index in [0.717, 1.165) is 22.0 Å². The number of halogens is 1. The molecule has 0 radical (unpaired) electrons. The predicted molar refractivity (Wildman–Crippen MR) is 122 cm³/mol. The fourth-order valence-corrected chi connectivity index (χ4v) is 3.54. The number of carbonyl (C=O) groups excluding carboxylic acids is 1. The Bertz CT molecular complexity index is 1000. The molecule has 5 nitrogen and oxygen atoms in total. The Morgan fingerprint density at radius 3 is 2.47 bits per heavy atom. The third-order valence-electron chi connectivity index (χ3n) is 4.62. The molecule has 0 amide bonds. The van der Waals surface area contributed by atoms with Crippen molar-refractivity contribution in [3.8, 4) is 11.5 Å². The highest BCUT2D eigenvalue weighted by Crippen LogP contribution is 2.37. The quantitative estimate of drug-likeness (QED) is 0.389. The van der Waals surface area contributed by atoms with Gasteiger partial charge in [0, 0.05) is 5.56 Å². The van der Waals surface area contributed by atoms with Crippen LogP contribution in [0.3, 0.4) is 0 Å². The molecule has 0 unspecified atom stereocenters. The maximum absolute atomic E-state index is 12.4.